The van der Waals surface area contributed by atoms with Crippen LogP contribution in [0.1, 0.15) is 15.9 Å². The van der Waals surface area contributed by atoms with Crippen LogP contribution in [0.2, 0.25) is 0 Å². The SMILES string of the molecule is O=CNc1c(F)cccc1C(=O)c1ccccc1. The number of para-hydroxylation sites is 1. The molecular weight excluding hydrogens is 233 g/mol. The second-order valence-electron chi connectivity index (χ2n) is 3.62. The van der Waals surface area contributed by atoms with Crippen LogP contribution in [0.4, 0.5) is 10.1 Å². The number of rotatable bonds is 4. The topological polar surface area (TPSA) is 46.2 Å². The zero-order chi connectivity index (χ0) is 13.0. The quantitative estimate of drug-likeness (QED) is 0.662. The Kier molecular flexibility index (Phi) is 3.48. The van der Waals surface area contributed by atoms with Crippen molar-refractivity contribution in [2.45, 2.75) is 0 Å². The highest BCUT2D eigenvalue weighted by molar-refractivity contribution is 6.13. The van der Waals surface area contributed by atoms with Gasteiger partial charge in [-0.1, -0.05) is 36.4 Å². The first-order valence-electron chi connectivity index (χ1n) is 5.32. The molecule has 2 rings (SSSR count). The highest BCUT2D eigenvalue weighted by atomic mass is 19.1. The average Bonchev–Trinajstić information content (AvgIpc) is 2.41. The number of hydrogen-bond acceptors (Lipinski definition) is 2. The van der Waals surface area contributed by atoms with Crippen molar-refractivity contribution >= 4 is 17.9 Å². The molecule has 0 unspecified atom stereocenters. The fourth-order valence-electron chi connectivity index (χ4n) is 1.66. The van der Waals surface area contributed by atoms with E-state index in [1.165, 1.54) is 18.2 Å². The molecule has 0 aromatic heterocycles. The Morgan fingerprint density at radius 2 is 1.78 bits per heavy atom. The number of halogens is 1. The molecule has 0 spiro atoms. The molecule has 18 heavy (non-hydrogen) atoms. The van der Waals surface area contributed by atoms with Crippen LogP contribution in [0.5, 0.6) is 0 Å². The van der Waals surface area contributed by atoms with Crippen molar-refractivity contribution in [2.75, 3.05) is 5.32 Å². The largest absolute Gasteiger partial charge is 0.326 e. The maximum atomic E-state index is 13.5. The van der Waals surface area contributed by atoms with Crippen molar-refractivity contribution in [2.24, 2.45) is 0 Å². The van der Waals surface area contributed by atoms with E-state index in [4.69, 9.17) is 0 Å². The van der Waals surface area contributed by atoms with E-state index in [1.807, 2.05) is 0 Å². The minimum atomic E-state index is -0.635. The van der Waals surface area contributed by atoms with Gasteiger partial charge in [0.05, 0.1) is 5.69 Å². The molecule has 0 aliphatic carbocycles. The summed E-state index contributed by atoms with van der Waals surface area (Å²) in [4.78, 5) is 22.6. The molecule has 0 aliphatic heterocycles. The lowest BCUT2D eigenvalue weighted by Crippen LogP contribution is -2.08. The molecule has 0 atom stereocenters. The maximum Gasteiger partial charge on any atom is 0.211 e. The summed E-state index contributed by atoms with van der Waals surface area (Å²) in [6, 6.07) is 12.6. The number of hydrogen-bond donors (Lipinski definition) is 1. The van der Waals surface area contributed by atoms with Gasteiger partial charge >= 0.3 is 0 Å². The van der Waals surface area contributed by atoms with Crippen LogP contribution in [-0.4, -0.2) is 12.2 Å². The summed E-state index contributed by atoms with van der Waals surface area (Å²) in [5, 5.41) is 2.22. The highest BCUT2D eigenvalue weighted by Gasteiger charge is 2.16. The first kappa shape index (κ1) is 12.0. The van der Waals surface area contributed by atoms with Crippen LogP contribution in [0, 0.1) is 5.82 Å². The van der Waals surface area contributed by atoms with Gasteiger partial charge in [-0.3, -0.25) is 9.59 Å². The predicted molar refractivity (Wildman–Crippen MR) is 66.0 cm³/mol. The molecule has 1 N–H and O–H groups in total. The molecule has 0 heterocycles. The third-order valence-electron chi connectivity index (χ3n) is 2.50. The van der Waals surface area contributed by atoms with Crippen LogP contribution >= 0.6 is 0 Å². The van der Waals surface area contributed by atoms with Crippen molar-refractivity contribution in [1.29, 1.82) is 0 Å². The molecule has 0 saturated carbocycles. The van der Waals surface area contributed by atoms with E-state index in [0.717, 1.165) is 0 Å². The number of ketones is 1. The summed E-state index contributed by atoms with van der Waals surface area (Å²) < 4.78 is 13.5. The molecule has 4 heteroatoms. The van der Waals surface area contributed by atoms with E-state index in [1.54, 1.807) is 30.3 Å². The summed E-state index contributed by atoms with van der Waals surface area (Å²) in [5.41, 5.74) is 0.478. The Balaban J connectivity index is 2.48. The van der Waals surface area contributed by atoms with Crippen molar-refractivity contribution in [3.05, 3.63) is 65.5 Å². The standard InChI is InChI=1S/C14H10FNO2/c15-12-8-4-7-11(13(12)16-9-17)14(18)10-5-2-1-3-6-10/h1-9H,(H,16,17). The first-order chi connectivity index (χ1) is 8.74. The van der Waals surface area contributed by atoms with Crippen LogP contribution in [-0.2, 0) is 4.79 Å². The third-order valence-corrected chi connectivity index (χ3v) is 2.50. The number of carbonyl (C=O) groups is 2. The molecular formula is C14H10FNO2. The number of carbonyl (C=O) groups excluding carboxylic acids is 2. The van der Waals surface area contributed by atoms with Gasteiger partial charge in [-0.2, -0.15) is 0 Å². The molecule has 3 nitrogen and oxygen atoms in total. The van der Waals surface area contributed by atoms with E-state index < -0.39 is 5.82 Å². The minimum Gasteiger partial charge on any atom is -0.326 e. The Bertz CT molecular complexity index is 582. The van der Waals surface area contributed by atoms with Gasteiger partial charge in [0.25, 0.3) is 0 Å². The molecule has 0 radical (unpaired) electrons. The smallest absolute Gasteiger partial charge is 0.211 e. The van der Waals surface area contributed by atoms with Gasteiger partial charge in [0.1, 0.15) is 5.82 Å². The summed E-state index contributed by atoms with van der Waals surface area (Å²) in [5.74, 6) is -0.969. The van der Waals surface area contributed by atoms with Crippen LogP contribution < -0.4 is 5.32 Å². The van der Waals surface area contributed by atoms with Gasteiger partial charge in [0.15, 0.2) is 5.78 Å². The molecule has 1 amide bonds. The van der Waals surface area contributed by atoms with Crippen LogP contribution in [0.15, 0.2) is 48.5 Å². The summed E-state index contributed by atoms with van der Waals surface area (Å²) in [6.07, 6.45) is 0.347. The Labute approximate surface area is 103 Å². The van der Waals surface area contributed by atoms with Crippen molar-refractivity contribution in [1.82, 2.24) is 0 Å². The Hall–Kier alpha value is -2.49. The Morgan fingerprint density at radius 1 is 1.06 bits per heavy atom. The minimum absolute atomic E-state index is 0.0960. The monoisotopic (exact) mass is 243 g/mol. The third kappa shape index (κ3) is 2.27. The number of anilines is 1. The number of benzene rings is 2. The van der Waals surface area contributed by atoms with E-state index in [9.17, 15) is 14.0 Å². The van der Waals surface area contributed by atoms with Gasteiger partial charge in [-0.15, -0.1) is 0 Å². The van der Waals surface area contributed by atoms with E-state index in [2.05, 4.69) is 5.32 Å². The first-order valence-corrected chi connectivity index (χ1v) is 5.32. The average molecular weight is 243 g/mol. The van der Waals surface area contributed by atoms with Gasteiger partial charge < -0.3 is 5.32 Å². The van der Waals surface area contributed by atoms with Crippen molar-refractivity contribution < 1.29 is 14.0 Å². The van der Waals surface area contributed by atoms with E-state index in [0.29, 0.717) is 12.0 Å². The molecule has 0 saturated heterocycles. The zero-order valence-electron chi connectivity index (χ0n) is 9.39. The normalized spacial score (nSPS) is 9.83. The fraction of sp³-hybridized carbons (Fsp3) is 0. The van der Waals surface area contributed by atoms with E-state index >= 15 is 0 Å². The highest BCUT2D eigenvalue weighted by Crippen LogP contribution is 2.22. The molecule has 90 valence electrons. The summed E-state index contributed by atoms with van der Waals surface area (Å²) >= 11 is 0. The number of nitrogens with one attached hydrogen (secondary N) is 1. The lowest BCUT2D eigenvalue weighted by Gasteiger charge is -2.08. The molecule has 0 aliphatic rings. The van der Waals surface area contributed by atoms with Gasteiger partial charge in [0.2, 0.25) is 6.41 Å². The van der Waals surface area contributed by atoms with Gasteiger partial charge in [-0.05, 0) is 12.1 Å². The lowest BCUT2D eigenvalue weighted by atomic mass is 10.0. The van der Waals surface area contributed by atoms with Gasteiger partial charge in [0, 0.05) is 11.1 Å². The summed E-state index contributed by atoms with van der Waals surface area (Å²) in [7, 11) is 0. The fourth-order valence-corrected chi connectivity index (χ4v) is 1.66. The van der Waals surface area contributed by atoms with Crippen molar-refractivity contribution in [3.8, 4) is 0 Å². The predicted octanol–water partition coefficient (Wildman–Crippen LogP) is 2.63. The zero-order valence-corrected chi connectivity index (χ0v) is 9.39. The lowest BCUT2D eigenvalue weighted by molar-refractivity contribution is -0.105. The van der Waals surface area contributed by atoms with E-state index in [-0.39, 0.29) is 17.0 Å². The summed E-state index contributed by atoms with van der Waals surface area (Å²) in [6.45, 7) is 0. The molecule has 0 bridgehead atoms. The molecule has 2 aromatic carbocycles. The van der Waals surface area contributed by atoms with Crippen molar-refractivity contribution in [3.63, 3.8) is 0 Å². The second-order valence-corrected chi connectivity index (χ2v) is 3.62. The van der Waals surface area contributed by atoms with Crippen LogP contribution in [0.3, 0.4) is 0 Å². The molecule has 2 aromatic rings. The molecule has 0 fully saturated rings. The second kappa shape index (κ2) is 5.23. The number of amides is 1. The maximum absolute atomic E-state index is 13.5. The Morgan fingerprint density at radius 3 is 2.44 bits per heavy atom. The van der Waals surface area contributed by atoms with Gasteiger partial charge in [-0.25, -0.2) is 4.39 Å². The van der Waals surface area contributed by atoms with Crippen LogP contribution in [0.25, 0.3) is 0 Å².